The molecule has 0 spiro atoms. The molecule has 3 fully saturated rings. The molecule has 3 aliphatic rings. The van der Waals surface area contributed by atoms with E-state index in [-0.39, 0.29) is 36.9 Å². The second kappa shape index (κ2) is 12.0. The van der Waals surface area contributed by atoms with E-state index in [1.165, 1.54) is 5.56 Å². The van der Waals surface area contributed by atoms with E-state index < -0.39 is 23.6 Å². The third-order valence-corrected chi connectivity index (χ3v) is 8.35. The van der Waals surface area contributed by atoms with Crippen molar-refractivity contribution in [2.75, 3.05) is 26.2 Å². The monoisotopic (exact) mass is 552 g/mol. The number of nitrogens with one attached hydrogen (secondary N) is 1. The first-order valence-electron chi connectivity index (χ1n) is 14.7. The second-order valence-electron chi connectivity index (χ2n) is 12.7. The summed E-state index contributed by atoms with van der Waals surface area (Å²) in [5, 5.41) is 22.4. The van der Waals surface area contributed by atoms with Crippen LogP contribution >= 0.6 is 0 Å². The van der Waals surface area contributed by atoms with Crippen LogP contribution in [0.2, 0.25) is 0 Å². The number of benzene rings is 1. The first kappa shape index (κ1) is 28.7. The predicted molar refractivity (Wildman–Crippen MR) is 150 cm³/mol. The lowest BCUT2D eigenvalue weighted by atomic mass is 9.85. The Bertz CT molecular complexity index is 1160. The second-order valence-corrected chi connectivity index (χ2v) is 12.7. The molecule has 2 aromatic rings. The number of hydrogen-bond acceptors (Lipinski definition) is 7. The molecule has 2 N–H and O–H groups in total. The number of aliphatic hydroxyl groups excluding tert-OH is 1. The number of carbonyl (C=O) groups is 2. The fourth-order valence-electron chi connectivity index (χ4n) is 6.02. The van der Waals surface area contributed by atoms with Gasteiger partial charge in [-0.1, -0.05) is 63.2 Å². The summed E-state index contributed by atoms with van der Waals surface area (Å²) in [6.45, 7) is 11.1. The third kappa shape index (κ3) is 6.56. The maximum Gasteiger partial charge on any atom is 0.248 e. The summed E-state index contributed by atoms with van der Waals surface area (Å²) < 4.78 is 7.77. The fraction of sp³-hybridized carbons (Fsp3) is 0.667. The minimum absolute atomic E-state index is 0.120. The number of amides is 2. The number of likely N-dealkylation sites (tertiary alicyclic amines) is 1. The number of ether oxygens (including phenoxy) is 1. The number of morpholine rings is 1. The van der Waals surface area contributed by atoms with Crippen LogP contribution in [0.4, 0.5) is 0 Å². The number of aliphatic hydroxyl groups is 1. The van der Waals surface area contributed by atoms with Crippen molar-refractivity contribution < 1.29 is 19.4 Å². The Hall–Kier alpha value is -2.82. The van der Waals surface area contributed by atoms with Gasteiger partial charge in [0.05, 0.1) is 30.6 Å². The molecule has 2 amide bonds. The molecule has 2 saturated heterocycles. The molecule has 3 heterocycles. The molecule has 218 valence electrons. The molecular weight excluding hydrogens is 508 g/mol. The Balaban J connectivity index is 1.27. The summed E-state index contributed by atoms with van der Waals surface area (Å²) >= 11 is 0. The van der Waals surface area contributed by atoms with Crippen LogP contribution in [0.25, 0.3) is 0 Å². The average molecular weight is 553 g/mol. The summed E-state index contributed by atoms with van der Waals surface area (Å²) in [5.41, 5.74) is 1.70. The van der Waals surface area contributed by atoms with Gasteiger partial charge in [-0.2, -0.15) is 0 Å². The molecule has 1 saturated carbocycles. The zero-order valence-corrected chi connectivity index (χ0v) is 24.2. The van der Waals surface area contributed by atoms with Crippen LogP contribution < -0.4 is 5.32 Å². The van der Waals surface area contributed by atoms with Gasteiger partial charge >= 0.3 is 0 Å². The van der Waals surface area contributed by atoms with Crippen molar-refractivity contribution >= 4 is 11.8 Å². The van der Waals surface area contributed by atoms with Crippen molar-refractivity contribution in [2.24, 2.45) is 5.41 Å². The average Bonchev–Trinajstić information content (AvgIpc) is 3.53. The number of rotatable bonds is 9. The van der Waals surface area contributed by atoms with Gasteiger partial charge in [0.25, 0.3) is 0 Å². The van der Waals surface area contributed by atoms with Crippen molar-refractivity contribution in [3.8, 4) is 0 Å². The molecule has 5 atom stereocenters. The summed E-state index contributed by atoms with van der Waals surface area (Å²) in [6, 6.07) is 8.77. The lowest BCUT2D eigenvalue weighted by Crippen LogP contribution is -2.57. The number of nitrogens with zero attached hydrogens (tertiary/aromatic N) is 5. The number of aromatic nitrogens is 3. The maximum atomic E-state index is 14.0. The molecule has 10 nitrogen and oxygen atoms in total. The normalized spacial score (nSPS) is 25.5. The van der Waals surface area contributed by atoms with Crippen molar-refractivity contribution in [2.45, 2.75) is 96.2 Å². The Morgan fingerprint density at radius 2 is 1.93 bits per heavy atom. The van der Waals surface area contributed by atoms with Gasteiger partial charge in [-0.25, -0.2) is 4.68 Å². The molecular formula is C30H44N6O4. The molecule has 2 aliphatic heterocycles. The number of hydrogen-bond donors (Lipinski definition) is 2. The van der Waals surface area contributed by atoms with Crippen LogP contribution in [0.3, 0.4) is 0 Å². The maximum absolute atomic E-state index is 14.0. The van der Waals surface area contributed by atoms with Crippen LogP contribution in [0.1, 0.15) is 76.6 Å². The number of β-amino-alcohol motifs (C(OH)–C–C–N with tert-alkyl or cyclic N) is 1. The molecule has 1 aromatic heterocycles. The number of carbonyl (C=O) groups excluding carboxylic acids is 2. The van der Waals surface area contributed by atoms with Crippen molar-refractivity contribution in [3.05, 3.63) is 47.8 Å². The summed E-state index contributed by atoms with van der Waals surface area (Å²) in [4.78, 5) is 31.6. The lowest BCUT2D eigenvalue weighted by Gasteiger charge is -2.38. The Labute approximate surface area is 237 Å². The van der Waals surface area contributed by atoms with Crippen molar-refractivity contribution in [1.29, 1.82) is 0 Å². The SMILES string of the molecule is CCC(NC(=O)C1CC(O)CN1C(=O)[C@@H](n1cc(C2CC2)nn1)C(C)(C)C)C1CN(Cc2ccccc2)CCO1. The van der Waals surface area contributed by atoms with Crippen LogP contribution in [-0.4, -0.2) is 92.2 Å². The highest BCUT2D eigenvalue weighted by molar-refractivity contribution is 5.90. The van der Waals surface area contributed by atoms with Gasteiger partial charge in [-0.05, 0) is 30.2 Å². The van der Waals surface area contributed by atoms with Gasteiger partial charge in [-0.3, -0.25) is 14.5 Å². The standard InChI is InChI=1S/C30H44N6O4/c1-5-23(26-19-34(13-14-40-26)16-20-9-7-6-8-10-20)31-28(38)25-15-22(37)17-35(25)29(39)27(30(2,3)4)36-18-24(32-33-36)21-11-12-21/h6-10,18,21-23,25-27,37H,5,11-17,19H2,1-4H3,(H,31,38)/t22?,23?,25?,26?,27-/m1/s1. The molecule has 0 radical (unpaired) electrons. The highest BCUT2D eigenvalue weighted by Gasteiger charge is 2.46. The van der Waals surface area contributed by atoms with E-state index in [0.29, 0.717) is 25.5 Å². The van der Waals surface area contributed by atoms with Gasteiger partial charge in [0, 0.05) is 44.7 Å². The summed E-state index contributed by atoms with van der Waals surface area (Å²) in [5.74, 6) is -0.0360. The van der Waals surface area contributed by atoms with E-state index in [1.54, 1.807) is 9.58 Å². The first-order valence-corrected chi connectivity index (χ1v) is 14.7. The van der Waals surface area contributed by atoms with Crippen LogP contribution in [0.5, 0.6) is 0 Å². The third-order valence-electron chi connectivity index (χ3n) is 8.35. The van der Waals surface area contributed by atoms with Crippen molar-refractivity contribution in [3.63, 3.8) is 0 Å². The van der Waals surface area contributed by atoms with Gasteiger partial charge in [-0.15, -0.1) is 5.10 Å². The van der Waals surface area contributed by atoms with E-state index in [0.717, 1.165) is 31.6 Å². The highest BCUT2D eigenvalue weighted by Crippen LogP contribution is 2.40. The van der Waals surface area contributed by atoms with E-state index in [9.17, 15) is 14.7 Å². The van der Waals surface area contributed by atoms with Crippen molar-refractivity contribution in [1.82, 2.24) is 30.1 Å². The molecule has 0 bridgehead atoms. The minimum Gasteiger partial charge on any atom is -0.391 e. The minimum atomic E-state index is -0.759. The smallest absolute Gasteiger partial charge is 0.248 e. The summed E-state index contributed by atoms with van der Waals surface area (Å²) in [7, 11) is 0. The molecule has 4 unspecified atom stereocenters. The molecule has 5 rings (SSSR count). The zero-order chi connectivity index (χ0) is 28.4. The van der Waals surface area contributed by atoms with Gasteiger partial charge < -0.3 is 20.1 Å². The van der Waals surface area contributed by atoms with Gasteiger partial charge in [0.1, 0.15) is 12.1 Å². The largest absolute Gasteiger partial charge is 0.391 e. The van der Waals surface area contributed by atoms with E-state index in [1.807, 2.05) is 52.1 Å². The Kier molecular flexibility index (Phi) is 8.58. The van der Waals surface area contributed by atoms with Gasteiger partial charge in [0.2, 0.25) is 11.8 Å². The fourth-order valence-corrected chi connectivity index (χ4v) is 6.02. The quantitative estimate of drug-likeness (QED) is 0.492. The highest BCUT2D eigenvalue weighted by atomic mass is 16.5. The zero-order valence-electron chi connectivity index (χ0n) is 24.2. The van der Waals surface area contributed by atoms with E-state index >= 15 is 0 Å². The first-order chi connectivity index (χ1) is 19.1. The van der Waals surface area contributed by atoms with E-state index in [2.05, 4.69) is 32.7 Å². The lowest BCUT2D eigenvalue weighted by molar-refractivity contribution is -0.144. The predicted octanol–water partition coefficient (Wildman–Crippen LogP) is 2.50. The molecule has 10 heteroatoms. The van der Waals surface area contributed by atoms with Gasteiger partial charge in [0.15, 0.2) is 0 Å². The molecule has 1 aromatic carbocycles. The van der Waals surface area contributed by atoms with Crippen LogP contribution in [-0.2, 0) is 20.9 Å². The van der Waals surface area contributed by atoms with E-state index in [4.69, 9.17) is 4.74 Å². The Morgan fingerprint density at radius 1 is 1.18 bits per heavy atom. The summed E-state index contributed by atoms with van der Waals surface area (Å²) in [6.07, 6.45) is 4.07. The van der Waals surface area contributed by atoms with Crippen LogP contribution in [0, 0.1) is 5.41 Å². The topological polar surface area (TPSA) is 113 Å². The Morgan fingerprint density at radius 3 is 2.60 bits per heavy atom. The van der Waals surface area contributed by atoms with Crippen LogP contribution in [0.15, 0.2) is 36.5 Å². The molecule has 1 aliphatic carbocycles. The molecule has 40 heavy (non-hydrogen) atoms.